The summed E-state index contributed by atoms with van der Waals surface area (Å²) >= 11 is 0. The number of unbranched alkanes of at least 4 members (excludes halogenated alkanes) is 15. The minimum absolute atomic E-state index is 0.769. The summed E-state index contributed by atoms with van der Waals surface area (Å²) in [5, 5.41) is 0. The molecule has 0 unspecified atom stereocenters. The summed E-state index contributed by atoms with van der Waals surface area (Å²) < 4.78 is 0. The van der Waals surface area contributed by atoms with Crippen molar-refractivity contribution in [2.24, 2.45) is 0 Å². The molecule has 0 aliphatic rings. The molecule has 174 valence electrons. The van der Waals surface area contributed by atoms with Crippen molar-refractivity contribution < 1.29 is 0 Å². The fourth-order valence-electron chi connectivity index (χ4n) is 4.77. The van der Waals surface area contributed by atoms with Crippen molar-refractivity contribution in [3.8, 4) is 0 Å². The molecule has 0 amide bonds. The molecular weight excluding hydrogens is 367 g/mol. The van der Waals surface area contributed by atoms with Crippen LogP contribution < -0.4 is 0 Å². The molecule has 0 saturated carbocycles. The Bertz CT molecular complexity index is 338. The summed E-state index contributed by atoms with van der Waals surface area (Å²) in [7, 11) is -0.769. The van der Waals surface area contributed by atoms with Gasteiger partial charge >= 0.3 is 0 Å². The van der Waals surface area contributed by atoms with Crippen LogP contribution >= 0.6 is 7.26 Å². The molecule has 0 N–H and O–H groups in total. The van der Waals surface area contributed by atoms with Gasteiger partial charge in [-0.15, -0.1) is 0 Å². The third-order valence-corrected chi connectivity index (χ3v) is 11.6. The minimum Gasteiger partial charge on any atom is -0.0965 e. The largest absolute Gasteiger partial charge is 0.0965 e. The Morgan fingerprint density at radius 1 is 0.483 bits per heavy atom. The summed E-state index contributed by atoms with van der Waals surface area (Å²) in [6, 6.07) is 0. The monoisotopic (exact) mass is 425 g/mol. The van der Waals surface area contributed by atoms with Crippen molar-refractivity contribution in [1.29, 1.82) is 0 Å². The molecule has 0 fully saturated rings. The maximum Gasteiger partial charge on any atom is 0.0797 e. The number of hydrogen-bond acceptors (Lipinski definition) is 0. The van der Waals surface area contributed by atoms with E-state index in [2.05, 4.69) is 34.3 Å². The molecule has 0 heterocycles. The Kier molecular flexibility index (Phi) is 21.5. The van der Waals surface area contributed by atoms with Crippen molar-refractivity contribution in [3.63, 3.8) is 0 Å². The highest BCUT2D eigenvalue weighted by Crippen LogP contribution is 2.61. The topological polar surface area (TPSA) is 0 Å². The molecule has 0 nitrogen and oxygen atoms in total. The van der Waals surface area contributed by atoms with Crippen LogP contribution in [-0.2, 0) is 0 Å². The van der Waals surface area contributed by atoms with Crippen LogP contribution in [0.4, 0.5) is 0 Å². The van der Waals surface area contributed by atoms with Crippen molar-refractivity contribution in [2.75, 3.05) is 24.6 Å². The van der Waals surface area contributed by atoms with E-state index in [0.717, 1.165) is 0 Å². The molecule has 0 bridgehead atoms. The minimum atomic E-state index is -0.769. The predicted octanol–water partition coefficient (Wildman–Crippen LogP) is 10.7. The van der Waals surface area contributed by atoms with Gasteiger partial charge in [0.2, 0.25) is 0 Å². The van der Waals surface area contributed by atoms with Crippen molar-refractivity contribution in [3.05, 3.63) is 12.2 Å². The molecule has 0 aromatic carbocycles. The van der Waals surface area contributed by atoms with Crippen molar-refractivity contribution >= 4 is 7.26 Å². The van der Waals surface area contributed by atoms with Gasteiger partial charge in [-0.3, -0.25) is 0 Å². The normalized spacial score (nSPS) is 11.9. The van der Waals surface area contributed by atoms with Crippen LogP contribution in [0.5, 0.6) is 0 Å². The molecule has 0 aliphatic heterocycles. The molecule has 0 aromatic heterocycles. The molecule has 29 heavy (non-hydrogen) atoms. The van der Waals surface area contributed by atoms with E-state index in [1.807, 2.05) is 0 Å². The van der Waals surface area contributed by atoms with Gasteiger partial charge in [0.1, 0.15) is 0 Å². The Morgan fingerprint density at radius 3 is 1.14 bits per heavy atom. The van der Waals surface area contributed by atoms with Crippen LogP contribution in [0.15, 0.2) is 12.2 Å². The van der Waals surface area contributed by atoms with Gasteiger partial charge in [0, 0.05) is 7.26 Å². The lowest BCUT2D eigenvalue weighted by atomic mass is 10.0. The van der Waals surface area contributed by atoms with Crippen LogP contribution in [0.25, 0.3) is 0 Å². The standard InChI is InChI=1S/C28H58P/c1-6-9-12-13-14-15-16-17-18-19-20-21-22-23-26-29(24-10-7-2,25-11-8-3)27-28(4)5/h4,6-27H2,1-3,5H3/q+1. The molecule has 1 heteroatoms. The highest BCUT2D eigenvalue weighted by atomic mass is 31.2. The third-order valence-electron chi connectivity index (χ3n) is 6.56. The van der Waals surface area contributed by atoms with E-state index in [-0.39, 0.29) is 0 Å². The maximum absolute atomic E-state index is 4.30. The summed E-state index contributed by atoms with van der Waals surface area (Å²) in [6.07, 6.45) is 32.2. The molecule has 0 aliphatic carbocycles. The molecular formula is C28H58P+. The Hall–Kier alpha value is 0.170. The van der Waals surface area contributed by atoms with E-state index in [9.17, 15) is 0 Å². The Balaban J connectivity index is 3.84. The molecule has 0 rings (SSSR count). The maximum atomic E-state index is 4.30. The van der Waals surface area contributed by atoms with Gasteiger partial charge in [-0.05, 0) is 38.2 Å². The smallest absolute Gasteiger partial charge is 0.0797 e. The summed E-state index contributed by atoms with van der Waals surface area (Å²) in [6.45, 7) is 13.6. The van der Waals surface area contributed by atoms with E-state index in [0.29, 0.717) is 0 Å². The van der Waals surface area contributed by atoms with Gasteiger partial charge in [0.25, 0.3) is 0 Å². The van der Waals surface area contributed by atoms with E-state index in [4.69, 9.17) is 0 Å². The van der Waals surface area contributed by atoms with E-state index in [1.165, 1.54) is 140 Å². The first-order chi connectivity index (χ1) is 14.1. The lowest BCUT2D eigenvalue weighted by Crippen LogP contribution is -2.13. The van der Waals surface area contributed by atoms with Gasteiger partial charge < -0.3 is 0 Å². The fourth-order valence-corrected chi connectivity index (χ4v) is 9.93. The summed E-state index contributed by atoms with van der Waals surface area (Å²) in [4.78, 5) is 0. The van der Waals surface area contributed by atoms with Gasteiger partial charge in [0.05, 0.1) is 24.6 Å². The zero-order valence-corrected chi connectivity index (χ0v) is 22.1. The second-order valence-electron chi connectivity index (χ2n) is 9.93. The first-order valence-electron chi connectivity index (χ1n) is 13.6. The van der Waals surface area contributed by atoms with Gasteiger partial charge in [-0.2, -0.15) is 0 Å². The first-order valence-corrected chi connectivity index (χ1v) is 16.1. The van der Waals surface area contributed by atoms with Crippen LogP contribution in [0, 0.1) is 0 Å². The highest BCUT2D eigenvalue weighted by Gasteiger charge is 2.35. The van der Waals surface area contributed by atoms with E-state index < -0.39 is 7.26 Å². The van der Waals surface area contributed by atoms with Crippen LogP contribution in [0.1, 0.15) is 143 Å². The van der Waals surface area contributed by atoms with Crippen LogP contribution in [0.2, 0.25) is 0 Å². The number of rotatable bonds is 23. The third kappa shape index (κ3) is 18.6. The van der Waals surface area contributed by atoms with E-state index in [1.54, 1.807) is 6.16 Å². The Morgan fingerprint density at radius 2 is 0.793 bits per heavy atom. The molecule has 0 aromatic rings. The summed E-state index contributed by atoms with van der Waals surface area (Å²) in [5.41, 5.74) is 1.45. The molecule has 0 radical (unpaired) electrons. The van der Waals surface area contributed by atoms with Gasteiger partial charge in [-0.1, -0.05) is 117 Å². The zero-order valence-electron chi connectivity index (χ0n) is 21.2. The second kappa shape index (κ2) is 21.4. The van der Waals surface area contributed by atoms with Gasteiger partial charge in [0.15, 0.2) is 0 Å². The van der Waals surface area contributed by atoms with E-state index >= 15 is 0 Å². The van der Waals surface area contributed by atoms with Crippen molar-refractivity contribution in [2.45, 2.75) is 143 Å². The number of hydrogen-bond donors (Lipinski definition) is 0. The van der Waals surface area contributed by atoms with Crippen molar-refractivity contribution in [1.82, 2.24) is 0 Å². The molecule has 0 spiro atoms. The molecule has 0 saturated heterocycles. The molecule has 0 atom stereocenters. The SMILES string of the molecule is C=C(C)C[P+](CCCC)(CCCC)CCCCCCCCCCCCCCCC. The quantitative estimate of drug-likeness (QED) is 0.0867. The van der Waals surface area contributed by atoms with Gasteiger partial charge in [-0.25, -0.2) is 0 Å². The second-order valence-corrected chi connectivity index (χ2v) is 14.3. The average molecular weight is 426 g/mol. The first kappa shape index (κ1) is 29.2. The van der Waals surface area contributed by atoms with Crippen LogP contribution in [0.3, 0.4) is 0 Å². The Labute approximate surface area is 187 Å². The number of allylic oxidation sites excluding steroid dienone is 1. The van der Waals surface area contributed by atoms with Crippen LogP contribution in [-0.4, -0.2) is 24.6 Å². The predicted molar refractivity (Wildman–Crippen MR) is 141 cm³/mol. The lowest BCUT2D eigenvalue weighted by molar-refractivity contribution is 0.538. The fraction of sp³-hybridized carbons (Fsp3) is 0.929. The average Bonchev–Trinajstić information content (AvgIpc) is 2.70. The lowest BCUT2D eigenvalue weighted by Gasteiger charge is -2.28. The zero-order chi connectivity index (χ0) is 21.6. The highest BCUT2D eigenvalue weighted by molar-refractivity contribution is 7.76. The summed E-state index contributed by atoms with van der Waals surface area (Å²) in [5.74, 6) is 0.